The Morgan fingerprint density at radius 1 is 1.70 bits per heavy atom. The molecule has 0 bridgehead atoms. The molecule has 0 spiro atoms. The maximum Gasteiger partial charge on any atom is 0.119 e. The van der Waals surface area contributed by atoms with Crippen molar-refractivity contribution in [2.45, 2.75) is 5.03 Å². The van der Waals surface area contributed by atoms with Gasteiger partial charge in [0, 0.05) is 24.6 Å². The number of anilines is 1. The molecule has 0 saturated heterocycles. The fourth-order valence-corrected chi connectivity index (χ4v) is 1.73. The predicted molar refractivity (Wildman–Crippen MR) is 42.3 cm³/mol. The summed E-state index contributed by atoms with van der Waals surface area (Å²) < 4.78 is 0. The zero-order chi connectivity index (χ0) is 6.81. The van der Waals surface area contributed by atoms with Crippen LogP contribution in [0.4, 0.5) is 5.69 Å². The Bertz CT molecular complexity index is 212. The number of rotatable bonds is 0. The zero-order valence-electron chi connectivity index (χ0n) is 5.42. The summed E-state index contributed by atoms with van der Waals surface area (Å²) in [5.74, 6) is 1.12. The average Bonchev–Trinajstić information content (AvgIpc) is 2.05. The molecule has 2 nitrogen and oxygen atoms in total. The summed E-state index contributed by atoms with van der Waals surface area (Å²) in [4.78, 5) is 4.16. The number of thioether (sulfide) groups is 1. The van der Waals surface area contributed by atoms with Crippen LogP contribution < -0.4 is 5.32 Å². The van der Waals surface area contributed by atoms with Crippen LogP contribution in [0.5, 0.6) is 0 Å². The molecule has 0 aliphatic carbocycles. The van der Waals surface area contributed by atoms with E-state index in [1.54, 1.807) is 18.0 Å². The molecule has 0 fully saturated rings. The van der Waals surface area contributed by atoms with Gasteiger partial charge in [-0.1, -0.05) is 0 Å². The molecule has 0 amide bonds. The minimum atomic E-state index is 1.04. The van der Waals surface area contributed by atoms with E-state index in [0.717, 1.165) is 23.0 Å². The lowest BCUT2D eigenvalue weighted by Gasteiger charge is -2.14. The van der Waals surface area contributed by atoms with Gasteiger partial charge in [-0.3, -0.25) is 0 Å². The van der Waals surface area contributed by atoms with Crippen molar-refractivity contribution in [1.82, 2.24) is 4.98 Å². The summed E-state index contributed by atoms with van der Waals surface area (Å²) in [6.07, 6.45) is 1.71. The van der Waals surface area contributed by atoms with Gasteiger partial charge < -0.3 is 5.32 Å². The Morgan fingerprint density at radius 3 is 3.60 bits per heavy atom. The number of pyridine rings is 1. The molecule has 2 rings (SSSR count). The highest BCUT2D eigenvalue weighted by atomic mass is 32.2. The minimum absolute atomic E-state index is 1.04. The second-order valence-electron chi connectivity index (χ2n) is 2.06. The topological polar surface area (TPSA) is 24.9 Å². The number of nitrogens with zero attached hydrogens (tertiary/aromatic N) is 1. The van der Waals surface area contributed by atoms with E-state index in [1.165, 1.54) is 0 Å². The second kappa shape index (κ2) is 2.50. The molecule has 1 aliphatic rings. The third-order valence-corrected chi connectivity index (χ3v) is 2.38. The maximum atomic E-state index is 4.16. The molecule has 3 heteroatoms. The van der Waals surface area contributed by atoms with Gasteiger partial charge >= 0.3 is 0 Å². The van der Waals surface area contributed by atoms with Gasteiger partial charge in [-0.2, -0.15) is 0 Å². The molecular formula is C7H7N2S. The van der Waals surface area contributed by atoms with E-state index in [-0.39, 0.29) is 0 Å². The van der Waals surface area contributed by atoms with Gasteiger partial charge in [0.25, 0.3) is 0 Å². The van der Waals surface area contributed by atoms with E-state index in [2.05, 4.69) is 16.4 Å². The standard InChI is InChI=1S/C7H7N2S/c1-2-6-7(9-3-1)10-5-4-8-6/h2-3,8H,4-5H2. The highest BCUT2D eigenvalue weighted by Gasteiger charge is 2.07. The average molecular weight is 151 g/mol. The monoisotopic (exact) mass is 151 g/mol. The third-order valence-electron chi connectivity index (χ3n) is 1.37. The molecular weight excluding hydrogens is 144 g/mol. The Hall–Kier alpha value is -0.700. The van der Waals surface area contributed by atoms with Crippen LogP contribution in [0.25, 0.3) is 0 Å². The summed E-state index contributed by atoms with van der Waals surface area (Å²) in [6, 6.07) is 4.87. The van der Waals surface area contributed by atoms with Crippen LogP contribution in [0.15, 0.2) is 17.3 Å². The molecule has 10 heavy (non-hydrogen) atoms. The van der Waals surface area contributed by atoms with Gasteiger partial charge in [0.1, 0.15) is 5.03 Å². The Balaban J connectivity index is 2.41. The number of aromatic nitrogens is 1. The van der Waals surface area contributed by atoms with E-state index in [9.17, 15) is 0 Å². The summed E-state index contributed by atoms with van der Waals surface area (Å²) in [6.45, 7) is 1.04. The first-order chi connectivity index (χ1) is 4.97. The van der Waals surface area contributed by atoms with E-state index >= 15 is 0 Å². The van der Waals surface area contributed by atoms with Crippen molar-refractivity contribution in [3.05, 3.63) is 18.3 Å². The molecule has 1 aromatic rings. The van der Waals surface area contributed by atoms with E-state index in [0.29, 0.717) is 0 Å². The molecule has 0 aromatic carbocycles. The van der Waals surface area contributed by atoms with Crippen LogP contribution >= 0.6 is 11.8 Å². The van der Waals surface area contributed by atoms with Gasteiger partial charge in [-0.15, -0.1) is 11.8 Å². The molecule has 1 aliphatic heterocycles. The van der Waals surface area contributed by atoms with Crippen molar-refractivity contribution in [3.63, 3.8) is 0 Å². The van der Waals surface area contributed by atoms with Crippen molar-refractivity contribution in [2.24, 2.45) is 0 Å². The molecule has 1 aromatic heterocycles. The minimum Gasteiger partial charge on any atom is -0.382 e. The maximum absolute atomic E-state index is 4.16. The SMILES string of the molecule is [c]1cnc2c(c1)NCCS2. The number of hydrogen-bond donors (Lipinski definition) is 1. The number of fused-ring (bicyclic) bond motifs is 1. The first kappa shape index (κ1) is 6.04. The van der Waals surface area contributed by atoms with Crippen LogP contribution in [0.1, 0.15) is 0 Å². The lowest BCUT2D eigenvalue weighted by molar-refractivity contribution is 1.07. The van der Waals surface area contributed by atoms with Crippen LogP contribution in [0.2, 0.25) is 0 Å². The molecule has 0 atom stereocenters. The van der Waals surface area contributed by atoms with E-state index in [1.807, 2.05) is 6.07 Å². The van der Waals surface area contributed by atoms with Gasteiger partial charge in [0.05, 0.1) is 5.69 Å². The summed E-state index contributed by atoms with van der Waals surface area (Å²) >= 11 is 1.80. The van der Waals surface area contributed by atoms with Gasteiger partial charge in [-0.05, 0) is 6.07 Å². The number of nitrogens with one attached hydrogen (secondary N) is 1. The van der Waals surface area contributed by atoms with Gasteiger partial charge in [0.15, 0.2) is 0 Å². The Morgan fingerprint density at radius 2 is 2.70 bits per heavy atom. The first-order valence-corrected chi connectivity index (χ1v) is 4.18. The predicted octanol–water partition coefficient (Wildman–Crippen LogP) is 1.40. The van der Waals surface area contributed by atoms with Crippen molar-refractivity contribution in [3.8, 4) is 0 Å². The summed E-state index contributed by atoms with van der Waals surface area (Å²) in [5, 5.41) is 4.35. The van der Waals surface area contributed by atoms with Crippen LogP contribution in [0.3, 0.4) is 0 Å². The second-order valence-corrected chi connectivity index (χ2v) is 3.15. The highest BCUT2D eigenvalue weighted by Crippen LogP contribution is 2.27. The lowest BCUT2D eigenvalue weighted by Crippen LogP contribution is -2.10. The quantitative estimate of drug-likeness (QED) is 0.606. The van der Waals surface area contributed by atoms with Crippen LogP contribution in [-0.4, -0.2) is 17.3 Å². The van der Waals surface area contributed by atoms with Crippen molar-refractivity contribution in [1.29, 1.82) is 0 Å². The molecule has 1 radical (unpaired) electrons. The Kier molecular flexibility index (Phi) is 1.51. The fourth-order valence-electron chi connectivity index (χ4n) is 0.923. The summed E-state index contributed by atoms with van der Waals surface area (Å²) in [5.41, 5.74) is 1.12. The van der Waals surface area contributed by atoms with Crippen LogP contribution in [0, 0.1) is 6.07 Å². The third kappa shape index (κ3) is 0.968. The number of hydrogen-bond acceptors (Lipinski definition) is 3. The van der Waals surface area contributed by atoms with Gasteiger partial charge in [0.2, 0.25) is 0 Å². The van der Waals surface area contributed by atoms with E-state index in [4.69, 9.17) is 0 Å². The van der Waals surface area contributed by atoms with Gasteiger partial charge in [-0.25, -0.2) is 4.98 Å². The highest BCUT2D eigenvalue weighted by molar-refractivity contribution is 7.99. The fraction of sp³-hybridized carbons (Fsp3) is 0.286. The van der Waals surface area contributed by atoms with Crippen LogP contribution in [-0.2, 0) is 0 Å². The van der Waals surface area contributed by atoms with Crippen molar-refractivity contribution < 1.29 is 0 Å². The molecule has 51 valence electrons. The first-order valence-electron chi connectivity index (χ1n) is 3.19. The Labute approximate surface area is 64.0 Å². The molecule has 0 unspecified atom stereocenters. The zero-order valence-corrected chi connectivity index (χ0v) is 6.24. The summed E-state index contributed by atoms with van der Waals surface area (Å²) in [7, 11) is 0. The smallest absolute Gasteiger partial charge is 0.119 e. The normalized spacial score (nSPS) is 15.6. The van der Waals surface area contributed by atoms with Crippen molar-refractivity contribution >= 4 is 17.4 Å². The van der Waals surface area contributed by atoms with Crippen molar-refractivity contribution in [2.75, 3.05) is 17.6 Å². The largest absolute Gasteiger partial charge is 0.382 e. The molecule has 0 saturated carbocycles. The molecule has 2 heterocycles. The van der Waals surface area contributed by atoms with E-state index < -0.39 is 0 Å². The lowest BCUT2D eigenvalue weighted by atomic mass is 10.4. The molecule has 1 N–H and O–H groups in total.